The van der Waals surface area contributed by atoms with E-state index in [4.69, 9.17) is 9.84 Å². The Hall–Kier alpha value is -2.24. The predicted molar refractivity (Wildman–Crippen MR) is 88.5 cm³/mol. The third-order valence-electron chi connectivity index (χ3n) is 3.05. The molecular formula is C17H26N2O4. The number of benzene rings is 1. The molecule has 0 aromatic heterocycles. The number of carbonyl (C=O) groups is 2. The highest BCUT2D eigenvalue weighted by molar-refractivity contribution is 5.68. The van der Waals surface area contributed by atoms with Crippen molar-refractivity contribution in [1.82, 2.24) is 10.6 Å². The summed E-state index contributed by atoms with van der Waals surface area (Å²) in [5.74, 6) is 0. The zero-order valence-electron chi connectivity index (χ0n) is 14.1. The summed E-state index contributed by atoms with van der Waals surface area (Å²) in [5.41, 5.74) is 0.489. The number of rotatable bonds is 6. The first-order valence-corrected chi connectivity index (χ1v) is 7.68. The van der Waals surface area contributed by atoms with Gasteiger partial charge in [0.1, 0.15) is 5.60 Å². The molecule has 0 spiro atoms. The van der Waals surface area contributed by atoms with Crippen molar-refractivity contribution in [2.75, 3.05) is 0 Å². The van der Waals surface area contributed by atoms with Crippen LogP contribution in [0.2, 0.25) is 0 Å². The smallest absolute Gasteiger partial charge is 0.407 e. The van der Waals surface area contributed by atoms with Gasteiger partial charge in [0.15, 0.2) is 0 Å². The standard InChI is InChI=1S/C17H26N2O4/c1-12(18-15(20)21)10-14(11-13-8-6-5-7-9-13)19-16(22)23-17(2,3)4/h5-9,12,14,18H,10-11H2,1-4H3,(H,19,22)(H,20,21). The van der Waals surface area contributed by atoms with E-state index in [2.05, 4.69) is 10.6 Å². The number of hydrogen-bond donors (Lipinski definition) is 3. The average molecular weight is 322 g/mol. The number of carboxylic acid groups (broad SMARTS) is 1. The first-order chi connectivity index (χ1) is 10.7. The van der Waals surface area contributed by atoms with E-state index in [0.29, 0.717) is 12.8 Å². The van der Waals surface area contributed by atoms with Crippen LogP contribution in [0.3, 0.4) is 0 Å². The molecule has 0 aliphatic heterocycles. The van der Waals surface area contributed by atoms with Crippen LogP contribution in [0.4, 0.5) is 9.59 Å². The molecule has 0 fully saturated rings. The summed E-state index contributed by atoms with van der Waals surface area (Å²) in [4.78, 5) is 22.7. The van der Waals surface area contributed by atoms with Gasteiger partial charge in [0.25, 0.3) is 0 Å². The molecule has 0 heterocycles. The molecular weight excluding hydrogens is 296 g/mol. The maximum Gasteiger partial charge on any atom is 0.407 e. The number of amides is 2. The van der Waals surface area contributed by atoms with Crippen LogP contribution in [0.15, 0.2) is 30.3 Å². The maximum atomic E-state index is 12.0. The van der Waals surface area contributed by atoms with Crippen molar-refractivity contribution in [1.29, 1.82) is 0 Å². The minimum absolute atomic E-state index is 0.228. The normalized spacial score (nSPS) is 13.7. The van der Waals surface area contributed by atoms with Crippen LogP contribution in [-0.2, 0) is 11.2 Å². The fraction of sp³-hybridized carbons (Fsp3) is 0.529. The molecule has 0 saturated heterocycles. The highest BCUT2D eigenvalue weighted by atomic mass is 16.6. The maximum absolute atomic E-state index is 12.0. The van der Waals surface area contributed by atoms with E-state index in [-0.39, 0.29) is 12.1 Å². The second kappa shape index (κ2) is 8.41. The molecule has 23 heavy (non-hydrogen) atoms. The van der Waals surface area contributed by atoms with E-state index >= 15 is 0 Å². The van der Waals surface area contributed by atoms with E-state index in [0.717, 1.165) is 5.56 Å². The molecule has 1 aromatic rings. The Balaban J connectivity index is 2.71. The number of ether oxygens (including phenoxy) is 1. The molecule has 1 rings (SSSR count). The lowest BCUT2D eigenvalue weighted by molar-refractivity contribution is 0.0500. The molecule has 1 aromatic carbocycles. The minimum Gasteiger partial charge on any atom is -0.465 e. The lowest BCUT2D eigenvalue weighted by Crippen LogP contribution is -2.44. The molecule has 0 aliphatic rings. The third-order valence-corrected chi connectivity index (χ3v) is 3.05. The van der Waals surface area contributed by atoms with Crippen molar-refractivity contribution in [3.05, 3.63) is 35.9 Å². The van der Waals surface area contributed by atoms with Gasteiger partial charge in [0.05, 0.1) is 0 Å². The highest BCUT2D eigenvalue weighted by Crippen LogP contribution is 2.11. The van der Waals surface area contributed by atoms with Crippen LogP contribution in [0.25, 0.3) is 0 Å². The average Bonchev–Trinajstić information content (AvgIpc) is 2.35. The lowest BCUT2D eigenvalue weighted by Gasteiger charge is -2.25. The summed E-state index contributed by atoms with van der Waals surface area (Å²) in [7, 11) is 0. The number of hydrogen-bond acceptors (Lipinski definition) is 3. The van der Waals surface area contributed by atoms with Crippen molar-refractivity contribution >= 4 is 12.2 Å². The zero-order valence-corrected chi connectivity index (χ0v) is 14.1. The van der Waals surface area contributed by atoms with Crippen molar-refractivity contribution in [3.63, 3.8) is 0 Å². The molecule has 6 nitrogen and oxygen atoms in total. The van der Waals surface area contributed by atoms with E-state index in [1.807, 2.05) is 30.3 Å². The van der Waals surface area contributed by atoms with E-state index < -0.39 is 17.8 Å². The Kier molecular flexibility index (Phi) is 6.88. The molecule has 0 radical (unpaired) electrons. The summed E-state index contributed by atoms with van der Waals surface area (Å²) < 4.78 is 5.28. The number of alkyl carbamates (subject to hydrolysis) is 1. The highest BCUT2D eigenvalue weighted by Gasteiger charge is 2.21. The second-order valence-electron chi connectivity index (χ2n) is 6.62. The molecule has 2 unspecified atom stereocenters. The van der Waals surface area contributed by atoms with Crippen LogP contribution in [-0.4, -0.2) is 35.0 Å². The van der Waals surface area contributed by atoms with Gasteiger partial charge in [-0.2, -0.15) is 0 Å². The molecule has 0 aliphatic carbocycles. The summed E-state index contributed by atoms with van der Waals surface area (Å²) >= 11 is 0. The summed E-state index contributed by atoms with van der Waals surface area (Å²) in [5, 5.41) is 14.0. The molecule has 3 N–H and O–H groups in total. The quantitative estimate of drug-likeness (QED) is 0.750. The predicted octanol–water partition coefficient (Wildman–Crippen LogP) is 3.17. The van der Waals surface area contributed by atoms with Crippen LogP contribution in [0.1, 0.15) is 39.7 Å². The first-order valence-electron chi connectivity index (χ1n) is 7.68. The van der Waals surface area contributed by atoms with Crippen LogP contribution < -0.4 is 10.6 Å². The molecule has 0 saturated carbocycles. The van der Waals surface area contributed by atoms with Crippen LogP contribution >= 0.6 is 0 Å². The van der Waals surface area contributed by atoms with E-state index in [1.54, 1.807) is 27.7 Å². The Morgan fingerprint density at radius 1 is 1.17 bits per heavy atom. The van der Waals surface area contributed by atoms with Gasteiger partial charge < -0.3 is 20.5 Å². The second-order valence-corrected chi connectivity index (χ2v) is 6.62. The zero-order chi connectivity index (χ0) is 17.5. The monoisotopic (exact) mass is 322 g/mol. The third kappa shape index (κ3) is 8.70. The molecule has 2 atom stereocenters. The summed E-state index contributed by atoms with van der Waals surface area (Å²) in [6.07, 6.45) is -0.499. The van der Waals surface area contributed by atoms with E-state index in [9.17, 15) is 9.59 Å². The Bertz CT molecular complexity index is 511. The van der Waals surface area contributed by atoms with Gasteiger partial charge in [-0.15, -0.1) is 0 Å². The molecule has 2 amide bonds. The van der Waals surface area contributed by atoms with Crippen molar-refractivity contribution in [2.24, 2.45) is 0 Å². The minimum atomic E-state index is -1.08. The molecule has 0 bridgehead atoms. The fourth-order valence-electron chi connectivity index (χ4n) is 2.26. The van der Waals surface area contributed by atoms with Gasteiger partial charge in [-0.25, -0.2) is 9.59 Å². The van der Waals surface area contributed by atoms with Gasteiger partial charge in [-0.3, -0.25) is 0 Å². The van der Waals surface area contributed by atoms with Crippen molar-refractivity contribution < 1.29 is 19.4 Å². The van der Waals surface area contributed by atoms with Gasteiger partial charge >= 0.3 is 12.2 Å². The van der Waals surface area contributed by atoms with E-state index in [1.165, 1.54) is 0 Å². The lowest BCUT2D eigenvalue weighted by atomic mass is 10.00. The first kappa shape index (κ1) is 18.8. The van der Waals surface area contributed by atoms with Crippen molar-refractivity contribution in [2.45, 2.75) is 58.2 Å². The van der Waals surface area contributed by atoms with Crippen LogP contribution in [0, 0.1) is 0 Å². The van der Waals surface area contributed by atoms with Gasteiger partial charge in [0.2, 0.25) is 0 Å². The fourth-order valence-corrected chi connectivity index (χ4v) is 2.26. The van der Waals surface area contributed by atoms with Gasteiger partial charge in [-0.1, -0.05) is 30.3 Å². The molecule has 128 valence electrons. The summed E-state index contributed by atoms with van der Waals surface area (Å²) in [6.45, 7) is 7.16. The van der Waals surface area contributed by atoms with Gasteiger partial charge in [-0.05, 0) is 46.1 Å². The number of nitrogens with one attached hydrogen (secondary N) is 2. The topological polar surface area (TPSA) is 87.7 Å². The largest absolute Gasteiger partial charge is 0.465 e. The Morgan fingerprint density at radius 2 is 1.78 bits per heavy atom. The van der Waals surface area contributed by atoms with Crippen LogP contribution in [0.5, 0.6) is 0 Å². The SMILES string of the molecule is CC(CC(Cc1ccccc1)NC(=O)OC(C)(C)C)NC(=O)O. The summed E-state index contributed by atoms with van der Waals surface area (Å²) in [6, 6.07) is 9.22. The number of carbonyl (C=O) groups excluding carboxylic acids is 1. The van der Waals surface area contributed by atoms with Crippen molar-refractivity contribution in [3.8, 4) is 0 Å². The Morgan fingerprint density at radius 3 is 2.30 bits per heavy atom. The Labute approximate surface area is 137 Å². The molecule has 6 heteroatoms. The van der Waals surface area contributed by atoms with Gasteiger partial charge in [0, 0.05) is 12.1 Å².